The first-order valence-electron chi connectivity index (χ1n) is 12.0. The minimum Gasteiger partial charge on any atom is -0.355 e. The van der Waals surface area contributed by atoms with Crippen LogP contribution in [0.15, 0.2) is 42.7 Å². The molecule has 1 amide bonds. The van der Waals surface area contributed by atoms with Gasteiger partial charge in [0.1, 0.15) is 5.82 Å². The zero-order valence-corrected chi connectivity index (χ0v) is 18.9. The molecule has 0 saturated carbocycles. The van der Waals surface area contributed by atoms with Crippen LogP contribution in [-0.4, -0.2) is 64.0 Å². The molecule has 4 rings (SSSR count). The SMILES string of the molecule is CCN1CCCC1CNC(=O)CCC1CCN(Cc2cccn2-c2ccccn2)CC1. The van der Waals surface area contributed by atoms with Crippen LogP contribution in [0.3, 0.4) is 0 Å². The molecule has 2 aliphatic heterocycles. The maximum absolute atomic E-state index is 12.3. The van der Waals surface area contributed by atoms with E-state index in [1.54, 1.807) is 0 Å². The van der Waals surface area contributed by atoms with Gasteiger partial charge in [0.15, 0.2) is 0 Å². The van der Waals surface area contributed by atoms with E-state index in [2.05, 4.69) is 49.9 Å². The van der Waals surface area contributed by atoms with E-state index in [0.717, 1.165) is 45.0 Å². The van der Waals surface area contributed by atoms with Crippen molar-refractivity contribution in [3.05, 3.63) is 48.4 Å². The number of carbonyl (C=O) groups is 1. The van der Waals surface area contributed by atoms with Crippen molar-refractivity contribution in [1.29, 1.82) is 0 Å². The van der Waals surface area contributed by atoms with Crippen LogP contribution >= 0.6 is 0 Å². The fourth-order valence-corrected chi connectivity index (χ4v) is 5.13. The van der Waals surface area contributed by atoms with Crippen LogP contribution < -0.4 is 5.32 Å². The molecule has 168 valence electrons. The number of nitrogens with zero attached hydrogens (tertiary/aromatic N) is 4. The molecule has 6 nitrogen and oxygen atoms in total. The second-order valence-electron chi connectivity index (χ2n) is 9.04. The van der Waals surface area contributed by atoms with Gasteiger partial charge in [0.25, 0.3) is 0 Å². The van der Waals surface area contributed by atoms with Crippen LogP contribution in [0.2, 0.25) is 0 Å². The van der Waals surface area contributed by atoms with Crippen molar-refractivity contribution in [2.45, 2.75) is 58.0 Å². The summed E-state index contributed by atoms with van der Waals surface area (Å²) in [7, 11) is 0. The number of carbonyl (C=O) groups excluding carboxylic acids is 1. The molecule has 2 saturated heterocycles. The summed E-state index contributed by atoms with van der Waals surface area (Å²) in [6, 6.07) is 10.9. The highest BCUT2D eigenvalue weighted by molar-refractivity contribution is 5.75. The number of nitrogens with one attached hydrogen (secondary N) is 1. The molecule has 0 aromatic carbocycles. The van der Waals surface area contributed by atoms with Crippen LogP contribution in [0.4, 0.5) is 0 Å². The van der Waals surface area contributed by atoms with Gasteiger partial charge in [-0.05, 0) is 88.5 Å². The van der Waals surface area contributed by atoms with Crippen molar-refractivity contribution in [3.8, 4) is 5.82 Å². The highest BCUT2D eigenvalue weighted by Crippen LogP contribution is 2.24. The zero-order valence-electron chi connectivity index (χ0n) is 18.9. The lowest BCUT2D eigenvalue weighted by Crippen LogP contribution is -2.40. The molecule has 1 unspecified atom stereocenters. The molecule has 2 aromatic rings. The Morgan fingerprint density at radius 2 is 2.00 bits per heavy atom. The molecule has 0 aliphatic carbocycles. The Kier molecular flexibility index (Phi) is 7.76. The van der Waals surface area contributed by atoms with E-state index in [0.29, 0.717) is 18.4 Å². The van der Waals surface area contributed by atoms with Crippen LogP contribution in [0.25, 0.3) is 5.82 Å². The van der Waals surface area contributed by atoms with Crippen molar-refractivity contribution in [2.24, 2.45) is 5.92 Å². The van der Waals surface area contributed by atoms with Crippen molar-refractivity contribution < 1.29 is 4.79 Å². The van der Waals surface area contributed by atoms with Crippen LogP contribution in [0, 0.1) is 5.92 Å². The monoisotopic (exact) mass is 423 g/mol. The molecule has 31 heavy (non-hydrogen) atoms. The normalized spacial score (nSPS) is 20.9. The average molecular weight is 424 g/mol. The Labute approximate surface area is 186 Å². The van der Waals surface area contributed by atoms with E-state index < -0.39 is 0 Å². The van der Waals surface area contributed by atoms with Gasteiger partial charge in [-0.3, -0.25) is 14.6 Å². The van der Waals surface area contributed by atoms with E-state index in [1.165, 1.54) is 37.9 Å². The minimum absolute atomic E-state index is 0.235. The Hall–Kier alpha value is -2.18. The Balaban J connectivity index is 1.16. The summed E-state index contributed by atoms with van der Waals surface area (Å²) in [6.45, 7) is 8.46. The van der Waals surface area contributed by atoms with Crippen LogP contribution in [0.5, 0.6) is 0 Å². The summed E-state index contributed by atoms with van der Waals surface area (Å²) in [5.74, 6) is 1.88. The minimum atomic E-state index is 0.235. The quantitative estimate of drug-likeness (QED) is 0.671. The number of piperidine rings is 1. The summed E-state index contributed by atoms with van der Waals surface area (Å²) in [5, 5.41) is 3.19. The zero-order chi connectivity index (χ0) is 21.5. The maximum Gasteiger partial charge on any atom is 0.220 e. The molecule has 2 aromatic heterocycles. The third-order valence-corrected chi connectivity index (χ3v) is 7.04. The van der Waals surface area contributed by atoms with E-state index in [-0.39, 0.29) is 5.91 Å². The molecule has 0 bridgehead atoms. The summed E-state index contributed by atoms with van der Waals surface area (Å²) in [6.07, 6.45) is 10.5. The smallest absolute Gasteiger partial charge is 0.220 e. The largest absolute Gasteiger partial charge is 0.355 e. The van der Waals surface area contributed by atoms with Gasteiger partial charge >= 0.3 is 0 Å². The summed E-state index contributed by atoms with van der Waals surface area (Å²) >= 11 is 0. The summed E-state index contributed by atoms with van der Waals surface area (Å²) in [5.41, 5.74) is 1.28. The highest BCUT2D eigenvalue weighted by Gasteiger charge is 2.24. The molecule has 0 spiro atoms. The first kappa shape index (κ1) is 22.0. The number of amides is 1. The number of likely N-dealkylation sites (N-methyl/N-ethyl adjacent to an activating group) is 1. The average Bonchev–Trinajstić information content (AvgIpc) is 3.47. The molecule has 6 heteroatoms. The van der Waals surface area contributed by atoms with Gasteiger partial charge in [0, 0.05) is 43.6 Å². The molecule has 2 aliphatic rings. The highest BCUT2D eigenvalue weighted by atomic mass is 16.1. The van der Waals surface area contributed by atoms with Gasteiger partial charge in [0.05, 0.1) is 0 Å². The van der Waals surface area contributed by atoms with Crippen molar-refractivity contribution in [3.63, 3.8) is 0 Å². The Morgan fingerprint density at radius 1 is 1.13 bits per heavy atom. The third kappa shape index (κ3) is 5.95. The number of hydrogen-bond donors (Lipinski definition) is 1. The van der Waals surface area contributed by atoms with E-state index in [4.69, 9.17) is 0 Å². The number of aromatic nitrogens is 2. The topological polar surface area (TPSA) is 53.4 Å². The predicted octanol–water partition coefficient (Wildman–Crippen LogP) is 3.47. The van der Waals surface area contributed by atoms with Gasteiger partial charge in [-0.2, -0.15) is 0 Å². The molecular formula is C25H37N5O. The molecule has 4 heterocycles. The standard InChI is InChI=1S/C25H37N5O/c1-2-29-15-5-7-22(29)19-27-25(31)11-10-21-12-17-28(18-13-21)20-23-8-6-16-30(23)24-9-3-4-14-26-24/h3-4,6,8-9,14,16,21-22H,2,5,7,10-13,15,17-20H2,1H3,(H,27,31). The summed E-state index contributed by atoms with van der Waals surface area (Å²) in [4.78, 5) is 21.8. The van der Waals surface area contributed by atoms with E-state index in [1.807, 2.05) is 24.4 Å². The first-order chi connectivity index (χ1) is 15.2. The predicted molar refractivity (Wildman–Crippen MR) is 124 cm³/mol. The second-order valence-corrected chi connectivity index (χ2v) is 9.04. The fraction of sp³-hybridized carbons (Fsp3) is 0.600. The van der Waals surface area contributed by atoms with Crippen molar-refractivity contribution in [1.82, 2.24) is 24.7 Å². The van der Waals surface area contributed by atoms with Crippen molar-refractivity contribution in [2.75, 3.05) is 32.7 Å². The van der Waals surface area contributed by atoms with Crippen molar-refractivity contribution >= 4 is 5.91 Å². The van der Waals surface area contributed by atoms with Gasteiger partial charge in [0.2, 0.25) is 5.91 Å². The Bertz CT molecular complexity index is 812. The van der Waals surface area contributed by atoms with Crippen LogP contribution in [-0.2, 0) is 11.3 Å². The Morgan fingerprint density at radius 3 is 2.77 bits per heavy atom. The lowest BCUT2D eigenvalue weighted by atomic mass is 9.92. The molecular weight excluding hydrogens is 386 g/mol. The first-order valence-corrected chi connectivity index (χ1v) is 12.0. The third-order valence-electron chi connectivity index (χ3n) is 7.04. The summed E-state index contributed by atoms with van der Waals surface area (Å²) < 4.78 is 2.18. The van der Waals surface area contributed by atoms with E-state index in [9.17, 15) is 4.79 Å². The number of pyridine rings is 1. The van der Waals surface area contributed by atoms with Gasteiger partial charge in [-0.1, -0.05) is 13.0 Å². The second kappa shape index (κ2) is 10.9. The number of rotatable bonds is 9. The van der Waals surface area contributed by atoms with E-state index >= 15 is 0 Å². The fourth-order valence-electron chi connectivity index (χ4n) is 5.13. The lowest BCUT2D eigenvalue weighted by Gasteiger charge is -2.32. The van der Waals surface area contributed by atoms with Crippen LogP contribution in [0.1, 0.15) is 51.1 Å². The maximum atomic E-state index is 12.3. The molecule has 2 fully saturated rings. The number of hydrogen-bond acceptors (Lipinski definition) is 4. The molecule has 1 atom stereocenters. The lowest BCUT2D eigenvalue weighted by molar-refractivity contribution is -0.121. The molecule has 0 radical (unpaired) electrons. The number of likely N-dealkylation sites (tertiary alicyclic amines) is 2. The van der Waals surface area contributed by atoms with Gasteiger partial charge in [-0.25, -0.2) is 4.98 Å². The van der Waals surface area contributed by atoms with Gasteiger partial charge in [-0.15, -0.1) is 0 Å². The molecule has 1 N–H and O–H groups in total. The van der Waals surface area contributed by atoms with Gasteiger partial charge < -0.3 is 9.88 Å².